The summed E-state index contributed by atoms with van der Waals surface area (Å²) in [5.74, 6) is -0.00162. The number of carbonyl (C=O) groups is 1. The minimum absolute atomic E-state index is 0.00162. The van der Waals surface area contributed by atoms with E-state index in [9.17, 15) is 4.79 Å². The first kappa shape index (κ1) is 10.3. The average Bonchev–Trinajstić information content (AvgIpc) is 2.16. The molecule has 2 N–H and O–H groups in total. The lowest BCUT2D eigenvalue weighted by Gasteiger charge is -2.08. The van der Waals surface area contributed by atoms with Crippen LogP contribution in [0.2, 0.25) is 0 Å². The molecule has 0 saturated heterocycles. The van der Waals surface area contributed by atoms with E-state index in [1.54, 1.807) is 11.8 Å². The molecule has 1 aromatic carbocycles. The SMILES string of the molecule is CSc1cccc(C(N)C(C)=O)c1. The molecule has 0 fully saturated rings. The summed E-state index contributed by atoms with van der Waals surface area (Å²) in [4.78, 5) is 12.1. The summed E-state index contributed by atoms with van der Waals surface area (Å²) in [6.07, 6.45) is 2.00. The molecule has 3 heteroatoms. The number of hydrogen-bond acceptors (Lipinski definition) is 3. The number of hydrogen-bond donors (Lipinski definition) is 1. The van der Waals surface area contributed by atoms with Gasteiger partial charge in [-0.1, -0.05) is 12.1 Å². The average molecular weight is 195 g/mol. The van der Waals surface area contributed by atoms with Gasteiger partial charge in [0.05, 0.1) is 6.04 Å². The molecular formula is C10H13NOS. The van der Waals surface area contributed by atoms with E-state index < -0.39 is 6.04 Å². The van der Waals surface area contributed by atoms with Crippen LogP contribution in [0.3, 0.4) is 0 Å². The maximum Gasteiger partial charge on any atom is 0.150 e. The van der Waals surface area contributed by atoms with Crippen LogP contribution in [0.4, 0.5) is 0 Å². The Hall–Kier alpha value is -0.800. The second-order valence-corrected chi connectivity index (χ2v) is 3.74. The van der Waals surface area contributed by atoms with E-state index in [2.05, 4.69) is 0 Å². The van der Waals surface area contributed by atoms with Crippen LogP contribution in [0.1, 0.15) is 18.5 Å². The third kappa shape index (κ3) is 2.57. The third-order valence-electron chi connectivity index (χ3n) is 1.89. The Morgan fingerprint density at radius 2 is 2.23 bits per heavy atom. The first-order chi connectivity index (χ1) is 6.15. The van der Waals surface area contributed by atoms with Gasteiger partial charge in [-0.15, -0.1) is 11.8 Å². The molecule has 0 aliphatic carbocycles. The van der Waals surface area contributed by atoms with Crippen LogP contribution in [0.15, 0.2) is 29.2 Å². The number of benzene rings is 1. The van der Waals surface area contributed by atoms with Crippen LogP contribution in [0.5, 0.6) is 0 Å². The van der Waals surface area contributed by atoms with Crippen molar-refractivity contribution in [1.29, 1.82) is 0 Å². The van der Waals surface area contributed by atoms with Crippen molar-refractivity contribution < 1.29 is 4.79 Å². The predicted octanol–water partition coefficient (Wildman–Crippen LogP) is 2.00. The monoisotopic (exact) mass is 195 g/mol. The summed E-state index contributed by atoms with van der Waals surface area (Å²) in [5.41, 5.74) is 6.59. The number of carbonyl (C=O) groups excluding carboxylic acids is 1. The van der Waals surface area contributed by atoms with Gasteiger partial charge in [-0.05, 0) is 30.9 Å². The number of rotatable bonds is 3. The Kier molecular flexibility index (Phi) is 3.51. The molecule has 13 heavy (non-hydrogen) atoms. The molecule has 0 bridgehead atoms. The molecule has 2 nitrogen and oxygen atoms in total. The largest absolute Gasteiger partial charge is 0.318 e. The Morgan fingerprint density at radius 3 is 2.77 bits per heavy atom. The quantitative estimate of drug-likeness (QED) is 0.750. The number of ketones is 1. The van der Waals surface area contributed by atoms with E-state index in [1.807, 2.05) is 30.5 Å². The van der Waals surface area contributed by atoms with Gasteiger partial charge in [0, 0.05) is 4.90 Å². The highest BCUT2D eigenvalue weighted by atomic mass is 32.2. The predicted molar refractivity (Wildman–Crippen MR) is 55.8 cm³/mol. The zero-order chi connectivity index (χ0) is 9.84. The van der Waals surface area contributed by atoms with Crippen molar-refractivity contribution >= 4 is 17.5 Å². The maximum atomic E-state index is 11.0. The fourth-order valence-corrected chi connectivity index (χ4v) is 1.54. The highest BCUT2D eigenvalue weighted by molar-refractivity contribution is 7.98. The highest BCUT2D eigenvalue weighted by Gasteiger charge is 2.10. The summed E-state index contributed by atoms with van der Waals surface area (Å²) in [7, 11) is 0. The van der Waals surface area contributed by atoms with Crippen LogP contribution in [-0.2, 0) is 4.79 Å². The van der Waals surface area contributed by atoms with Crippen molar-refractivity contribution in [3.8, 4) is 0 Å². The van der Waals surface area contributed by atoms with Gasteiger partial charge in [0.1, 0.15) is 0 Å². The van der Waals surface area contributed by atoms with Crippen LogP contribution in [-0.4, -0.2) is 12.0 Å². The fourth-order valence-electron chi connectivity index (χ4n) is 1.07. The van der Waals surface area contributed by atoms with Crippen LogP contribution >= 0.6 is 11.8 Å². The van der Waals surface area contributed by atoms with E-state index in [0.29, 0.717) is 0 Å². The van der Waals surface area contributed by atoms with Crippen molar-refractivity contribution in [1.82, 2.24) is 0 Å². The van der Waals surface area contributed by atoms with Crippen LogP contribution in [0, 0.1) is 0 Å². The molecule has 0 aliphatic rings. The lowest BCUT2D eigenvalue weighted by molar-refractivity contribution is -0.118. The van der Waals surface area contributed by atoms with E-state index in [0.717, 1.165) is 10.5 Å². The van der Waals surface area contributed by atoms with Crippen molar-refractivity contribution in [2.24, 2.45) is 5.73 Å². The maximum absolute atomic E-state index is 11.0. The Balaban J connectivity index is 2.94. The first-order valence-corrected chi connectivity index (χ1v) is 5.27. The van der Waals surface area contributed by atoms with Gasteiger partial charge >= 0.3 is 0 Å². The van der Waals surface area contributed by atoms with E-state index >= 15 is 0 Å². The van der Waals surface area contributed by atoms with Gasteiger partial charge < -0.3 is 5.73 Å². The Labute approximate surface area is 82.5 Å². The molecule has 0 heterocycles. The molecule has 70 valence electrons. The number of nitrogens with two attached hydrogens (primary N) is 1. The molecule has 0 spiro atoms. The van der Waals surface area contributed by atoms with Crippen LogP contribution < -0.4 is 5.73 Å². The fraction of sp³-hybridized carbons (Fsp3) is 0.300. The van der Waals surface area contributed by atoms with E-state index in [4.69, 9.17) is 5.73 Å². The summed E-state index contributed by atoms with van der Waals surface area (Å²) < 4.78 is 0. The van der Waals surface area contributed by atoms with Crippen molar-refractivity contribution in [3.05, 3.63) is 29.8 Å². The molecule has 0 aliphatic heterocycles. The van der Waals surface area contributed by atoms with Gasteiger partial charge in [-0.25, -0.2) is 0 Å². The zero-order valence-corrected chi connectivity index (χ0v) is 8.60. The first-order valence-electron chi connectivity index (χ1n) is 4.05. The molecule has 1 rings (SSSR count). The number of Topliss-reactive ketones (excluding diaryl/α,β-unsaturated/α-hetero) is 1. The molecule has 1 unspecified atom stereocenters. The summed E-state index contributed by atoms with van der Waals surface area (Å²) in [6.45, 7) is 1.51. The number of thioether (sulfide) groups is 1. The third-order valence-corrected chi connectivity index (χ3v) is 2.62. The van der Waals surface area contributed by atoms with Gasteiger partial charge in [0.25, 0.3) is 0 Å². The minimum Gasteiger partial charge on any atom is -0.318 e. The standard InChI is InChI=1S/C10H13NOS/c1-7(12)10(11)8-4-3-5-9(6-8)13-2/h3-6,10H,11H2,1-2H3. The van der Waals surface area contributed by atoms with Crippen molar-refractivity contribution in [2.45, 2.75) is 17.9 Å². The van der Waals surface area contributed by atoms with Gasteiger partial charge in [-0.3, -0.25) is 4.79 Å². The van der Waals surface area contributed by atoms with Crippen LogP contribution in [0.25, 0.3) is 0 Å². The topological polar surface area (TPSA) is 43.1 Å². The zero-order valence-electron chi connectivity index (χ0n) is 7.78. The van der Waals surface area contributed by atoms with Gasteiger partial charge in [0.15, 0.2) is 5.78 Å². The van der Waals surface area contributed by atoms with Gasteiger partial charge in [0.2, 0.25) is 0 Å². The second-order valence-electron chi connectivity index (χ2n) is 2.86. The lowest BCUT2D eigenvalue weighted by Crippen LogP contribution is -2.18. The van der Waals surface area contributed by atoms with E-state index in [-0.39, 0.29) is 5.78 Å². The summed E-state index contributed by atoms with van der Waals surface area (Å²) in [6, 6.07) is 7.28. The second kappa shape index (κ2) is 4.44. The van der Waals surface area contributed by atoms with Crippen molar-refractivity contribution in [2.75, 3.05) is 6.26 Å². The van der Waals surface area contributed by atoms with Gasteiger partial charge in [-0.2, -0.15) is 0 Å². The smallest absolute Gasteiger partial charge is 0.150 e. The Bertz CT molecular complexity index is 312. The van der Waals surface area contributed by atoms with E-state index in [1.165, 1.54) is 6.92 Å². The summed E-state index contributed by atoms with van der Waals surface area (Å²) >= 11 is 1.65. The summed E-state index contributed by atoms with van der Waals surface area (Å²) in [5, 5.41) is 0. The highest BCUT2D eigenvalue weighted by Crippen LogP contribution is 2.19. The molecule has 1 atom stereocenters. The molecule has 0 amide bonds. The normalized spacial score (nSPS) is 12.5. The molecule has 0 aromatic heterocycles. The molecule has 0 radical (unpaired) electrons. The molecule has 0 saturated carbocycles. The molecule has 1 aromatic rings. The Morgan fingerprint density at radius 1 is 1.54 bits per heavy atom. The molecular weight excluding hydrogens is 182 g/mol. The minimum atomic E-state index is -0.480. The lowest BCUT2D eigenvalue weighted by atomic mass is 10.1. The van der Waals surface area contributed by atoms with Crippen molar-refractivity contribution in [3.63, 3.8) is 0 Å².